The number of fused-ring (bicyclic) bond motifs is 5. The summed E-state index contributed by atoms with van der Waals surface area (Å²) in [4.78, 5) is 76.2. The number of hydrogen-bond acceptors (Lipinski definition) is 10. The maximum absolute atomic E-state index is 14.8. The minimum Gasteiger partial charge on any atom is -0.459 e. The van der Waals surface area contributed by atoms with Gasteiger partial charge in [-0.05, 0) is 82.4 Å². The van der Waals surface area contributed by atoms with E-state index in [0.717, 1.165) is 19.3 Å². The molecule has 0 radical (unpaired) electrons. The number of aromatic nitrogens is 2. The molecule has 0 spiro atoms. The zero-order valence-corrected chi connectivity index (χ0v) is 32.8. The van der Waals surface area contributed by atoms with Crippen LogP contribution in [0.5, 0.6) is 6.01 Å². The largest absolute Gasteiger partial charge is 0.459 e. The van der Waals surface area contributed by atoms with E-state index in [0.29, 0.717) is 54.5 Å². The van der Waals surface area contributed by atoms with E-state index in [1.807, 2.05) is 19.1 Å². The second-order valence-electron chi connectivity index (χ2n) is 16.5. The Morgan fingerprint density at radius 2 is 1.86 bits per heavy atom. The summed E-state index contributed by atoms with van der Waals surface area (Å²) in [6, 6.07) is 2.55. The normalized spacial score (nSPS) is 32.2. The van der Waals surface area contributed by atoms with E-state index in [1.165, 1.54) is 15.5 Å². The molecule has 6 aliphatic rings. The molecule has 1 aromatic heterocycles. The van der Waals surface area contributed by atoms with Gasteiger partial charge in [0.05, 0.1) is 22.7 Å². The summed E-state index contributed by atoms with van der Waals surface area (Å²) in [7, 11) is -3.93. The lowest BCUT2D eigenvalue weighted by Gasteiger charge is -2.32. The van der Waals surface area contributed by atoms with Crippen molar-refractivity contribution >= 4 is 56.3 Å². The van der Waals surface area contributed by atoms with Crippen molar-refractivity contribution in [1.29, 1.82) is 0 Å². The molecule has 8 rings (SSSR count). The zero-order valence-electron chi connectivity index (χ0n) is 31.2. The van der Waals surface area contributed by atoms with Gasteiger partial charge in [-0.3, -0.25) is 28.5 Å². The molecule has 4 saturated carbocycles. The second-order valence-corrected chi connectivity index (χ2v) is 18.9. The van der Waals surface area contributed by atoms with Gasteiger partial charge in [-0.1, -0.05) is 42.7 Å². The number of rotatable bonds is 7. The number of hydrogen-bond donors (Lipinski definition) is 3. The van der Waals surface area contributed by atoms with Gasteiger partial charge in [0.1, 0.15) is 29.3 Å². The molecule has 5 unspecified atom stereocenters. The third kappa shape index (κ3) is 7.41. The number of amides is 4. The first-order valence-corrected chi connectivity index (χ1v) is 21.5. The summed E-state index contributed by atoms with van der Waals surface area (Å²) in [6.07, 6.45) is 9.91. The monoisotopic (exact) mass is 810 g/mol. The van der Waals surface area contributed by atoms with Crippen molar-refractivity contribution < 1.29 is 37.1 Å². The molecule has 3 N–H and O–H groups in total. The van der Waals surface area contributed by atoms with Gasteiger partial charge in [0.25, 0.3) is 17.5 Å². The van der Waals surface area contributed by atoms with Gasteiger partial charge in [0.2, 0.25) is 21.8 Å². The van der Waals surface area contributed by atoms with E-state index in [9.17, 15) is 32.4 Å². The van der Waals surface area contributed by atoms with Crippen LogP contribution in [0.15, 0.2) is 47.8 Å². The van der Waals surface area contributed by atoms with Crippen molar-refractivity contribution in [2.75, 3.05) is 6.54 Å². The Hall–Kier alpha value is -4.44. The van der Waals surface area contributed by atoms with Gasteiger partial charge in [0, 0.05) is 29.8 Å². The molecule has 2 bridgehead atoms. The van der Waals surface area contributed by atoms with Crippen LogP contribution in [0.3, 0.4) is 0 Å². The van der Waals surface area contributed by atoms with Crippen molar-refractivity contribution in [2.45, 2.75) is 119 Å². The molecule has 15 nitrogen and oxygen atoms in total. The van der Waals surface area contributed by atoms with Gasteiger partial charge >= 0.3 is 6.09 Å². The number of carbonyl (C=O) groups excluding carboxylic acids is 4. The minimum absolute atomic E-state index is 0.0205. The molecule has 7 atom stereocenters. The van der Waals surface area contributed by atoms with Gasteiger partial charge in [0.15, 0.2) is 0 Å². The minimum atomic E-state index is -3.93. The number of sulfonamides is 1. The second kappa shape index (κ2) is 14.5. The van der Waals surface area contributed by atoms with Crippen LogP contribution >= 0.6 is 11.6 Å². The quantitative estimate of drug-likeness (QED) is 0.349. The number of nitrogens with one attached hydrogen (secondary N) is 3. The number of carbonyl (C=O) groups is 4. The molecule has 4 aliphatic carbocycles. The smallest absolute Gasteiger partial charge is 0.408 e. The fourth-order valence-electron chi connectivity index (χ4n) is 8.74. The van der Waals surface area contributed by atoms with Crippen molar-refractivity contribution in [3.05, 3.63) is 58.4 Å². The maximum atomic E-state index is 14.8. The van der Waals surface area contributed by atoms with E-state index in [4.69, 9.17) is 21.1 Å². The van der Waals surface area contributed by atoms with Gasteiger partial charge < -0.3 is 25.0 Å². The molecule has 4 amide bonds. The number of alkyl carbamates (subject to hydrolysis) is 1. The zero-order chi connectivity index (χ0) is 39.6. The third-order valence-corrected chi connectivity index (χ3v) is 14.5. The summed E-state index contributed by atoms with van der Waals surface area (Å²) in [5.74, 6) is -2.72. The highest BCUT2D eigenvalue weighted by Gasteiger charge is 2.62. The van der Waals surface area contributed by atoms with Crippen LogP contribution in [0.1, 0.15) is 77.6 Å². The van der Waals surface area contributed by atoms with Crippen molar-refractivity contribution in [2.24, 2.45) is 17.8 Å². The van der Waals surface area contributed by atoms with E-state index in [-0.39, 0.29) is 49.3 Å². The Morgan fingerprint density at radius 1 is 1.09 bits per heavy atom. The number of benzene rings is 1. The van der Waals surface area contributed by atoms with Gasteiger partial charge in [-0.15, -0.1) is 6.58 Å². The Bertz CT molecular complexity index is 2190. The lowest BCUT2D eigenvalue weighted by atomic mass is 9.96. The Labute approximate surface area is 329 Å². The molecule has 1 aromatic carbocycles. The van der Waals surface area contributed by atoms with Crippen molar-refractivity contribution in [1.82, 2.24) is 29.8 Å². The van der Waals surface area contributed by atoms with E-state index in [2.05, 4.69) is 26.9 Å². The SMILES string of the molecule is C=C[C@@H]1C[C@]1(NC(=O)C1CC2CN1C(=O)C(C1CCCC1)NC(=O)OC1(C)CC1CCC=CCn1c(nc3cc(Cl)ccc3c1=O)O2)C(=O)NS(=O)(=O)C1CC1. The van der Waals surface area contributed by atoms with Gasteiger partial charge in [-0.25, -0.2) is 13.2 Å². The number of halogens is 1. The number of ether oxygens (including phenoxy) is 2. The number of allylic oxidation sites excluding steroid dienone is 2. The summed E-state index contributed by atoms with van der Waals surface area (Å²) in [5.41, 5.74) is -2.32. The predicted octanol–water partition coefficient (Wildman–Crippen LogP) is 3.48. The van der Waals surface area contributed by atoms with E-state index >= 15 is 0 Å². The number of nitrogens with zero attached hydrogens (tertiary/aromatic N) is 3. The first-order chi connectivity index (χ1) is 26.7. The fraction of sp³-hybridized carbons (Fsp3) is 0.590. The molecule has 5 fully saturated rings. The molecule has 3 heterocycles. The first kappa shape index (κ1) is 38.4. The van der Waals surface area contributed by atoms with E-state index < -0.39 is 74.3 Å². The summed E-state index contributed by atoms with van der Waals surface area (Å²) in [5, 5.41) is 5.72. The van der Waals surface area contributed by atoms with Crippen LogP contribution in [0.25, 0.3) is 10.9 Å². The molecule has 1 saturated heterocycles. The third-order valence-electron chi connectivity index (χ3n) is 12.5. The predicted molar refractivity (Wildman–Crippen MR) is 205 cm³/mol. The molecule has 2 aromatic rings. The highest BCUT2D eigenvalue weighted by atomic mass is 35.5. The van der Waals surface area contributed by atoms with Crippen LogP contribution in [0.2, 0.25) is 5.02 Å². The summed E-state index contributed by atoms with van der Waals surface area (Å²) >= 11 is 6.28. The van der Waals surface area contributed by atoms with Crippen LogP contribution in [-0.2, 0) is 35.7 Å². The lowest BCUT2D eigenvalue weighted by Crippen LogP contribution is -2.59. The Balaban J connectivity index is 1.15. The van der Waals surface area contributed by atoms with Crippen molar-refractivity contribution in [3.8, 4) is 6.01 Å². The highest BCUT2D eigenvalue weighted by molar-refractivity contribution is 7.91. The molecule has 17 heteroatoms. The lowest BCUT2D eigenvalue weighted by molar-refractivity contribution is -0.142. The van der Waals surface area contributed by atoms with Gasteiger partial charge in [-0.2, -0.15) is 4.98 Å². The standard InChI is InChI=1S/C39H47ClN6O9S/c1-3-23-20-39(23,35(50)44-56(52,53)27-13-14-27)43-32(47)30-18-26-21-46(30)34(49)31(22-9-6-7-10-22)42-37(51)55-38(2)19-24(38)11-5-4-8-16-45-33(48)28-15-12-25(40)17-29(28)41-36(45)54-26/h3-4,8,12,15,17,22-24,26-27,30-31H,1,5-7,9-11,13-14,16,18-21H2,2H3,(H,42,51)(H,43,47)(H,44,50)/t23-,24?,26?,30?,31?,38?,39-/m1/s1. The molecular weight excluding hydrogens is 764 g/mol. The van der Waals surface area contributed by atoms with E-state index in [1.54, 1.807) is 18.2 Å². The molecule has 2 aliphatic heterocycles. The first-order valence-electron chi connectivity index (χ1n) is 19.5. The van der Waals surface area contributed by atoms with Crippen molar-refractivity contribution in [3.63, 3.8) is 0 Å². The summed E-state index contributed by atoms with van der Waals surface area (Å²) in [6.45, 7) is 5.68. The molecule has 56 heavy (non-hydrogen) atoms. The highest BCUT2D eigenvalue weighted by Crippen LogP contribution is 2.50. The van der Waals surface area contributed by atoms with Crippen LogP contribution in [0, 0.1) is 17.8 Å². The average Bonchev–Trinajstić information content (AvgIpc) is 4.10. The fourth-order valence-corrected chi connectivity index (χ4v) is 10.3. The summed E-state index contributed by atoms with van der Waals surface area (Å²) < 4.78 is 41.5. The average molecular weight is 811 g/mol. The van der Waals surface area contributed by atoms with Crippen LogP contribution in [-0.4, -0.2) is 87.8 Å². The van der Waals surface area contributed by atoms with Crippen LogP contribution in [0.4, 0.5) is 4.79 Å². The molecular formula is C39H47ClN6O9S. The Kier molecular flexibility index (Phi) is 9.95. The van der Waals surface area contributed by atoms with Crippen LogP contribution < -0.4 is 25.7 Å². The maximum Gasteiger partial charge on any atom is 0.408 e. The topological polar surface area (TPSA) is 195 Å². The molecule has 300 valence electrons. The Morgan fingerprint density at radius 3 is 2.57 bits per heavy atom.